The van der Waals surface area contributed by atoms with Crippen LogP contribution in [-0.2, 0) is 37.5 Å². The van der Waals surface area contributed by atoms with Crippen molar-refractivity contribution in [3.8, 4) is 0 Å². The molecule has 0 aliphatic carbocycles. The van der Waals surface area contributed by atoms with Crippen LogP contribution in [0.25, 0.3) is 0 Å². The van der Waals surface area contributed by atoms with Crippen LogP contribution in [0.4, 0.5) is 0 Å². The molecule has 0 amide bonds. The molecule has 53 heavy (non-hydrogen) atoms. The molecule has 0 saturated carbocycles. The summed E-state index contributed by atoms with van der Waals surface area (Å²) in [4.78, 5) is 46.5. The average Bonchev–Trinajstić information content (AvgIpc) is 3.14. The van der Waals surface area contributed by atoms with Crippen molar-refractivity contribution in [3.05, 3.63) is 48.6 Å². The van der Waals surface area contributed by atoms with Crippen molar-refractivity contribution < 1.29 is 52.6 Å². The summed E-state index contributed by atoms with van der Waals surface area (Å²) in [5.74, 6) is -0.0733. The van der Waals surface area contributed by atoms with E-state index in [2.05, 4.69) is 25.3 Å². The first-order valence-electron chi connectivity index (χ1n) is 19.9. The van der Waals surface area contributed by atoms with Crippen LogP contribution in [0, 0.1) is 5.92 Å². The summed E-state index contributed by atoms with van der Waals surface area (Å²) in [6, 6.07) is 0. The third kappa shape index (κ3) is 35.1. The molecule has 0 bridgehead atoms. The van der Waals surface area contributed by atoms with Crippen LogP contribution in [0.3, 0.4) is 0 Å². The van der Waals surface area contributed by atoms with Gasteiger partial charge in [0.2, 0.25) is 0 Å². The number of esters is 2. The van der Waals surface area contributed by atoms with Crippen molar-refractivity contribution in [2.75, 3.05) is 26.4 Å². The van der Waals surface area contributed by atoms with E-state index >= 15 is 0 Å². The molecular weight excluding hydrogens is 699 g/mol. The molecule has 12 heteroatoms. The first kappa shape index (κ1) is 50.6. The Morgan fingerprint density at radius 1 is 0.698 bits per heavy atom. The van der Waals surface area contributed by atoms with Gasteiger partial charge in [0.1, 0.15) is 12.7 Å². The van der Waals surface area contributed by atoms with Gasteiger partial charge >= 0.3 is 19.8 Å². The molecule has 0 aliphatic rings. The van der Waals surface area contributed by atoms with E-state index in [0.29, 0.717) is 25.7 Å². The minimum absolute atomic E-state index is 0.139. The van der Waals surface area contributed by atoms with Gasteiger partial charge in [-0.15, -0.1) is 0 Å². The van der Waals surface area contributed by atoms with Gasteiger partial charge in [-0.25, -0.2) is 4.57 Å². The van der Waals surface area contributed by atoms with Crippen LogP contribution in [-0.4, -0.2) is 71.5 Å². The van der Waals surface area contributed by atoms with E-state index in [1.54, 1.807) is 12.2 Å². The average molecular weight is 771 g/mol. The number of allylic oxidation sites excluding steroid dienone is 8. The maximum atomic E-state index is 12.5. The van der Waals surface area contributed by atoms with Crippen molar-refractivity contribution in [1.29, 1.82) is 0 Å². The lowest BCUT2D eigenvalue weighted by Gasteiger charge is -2.20. The lowest BCUT2D eigenvalue weighted by molar-refractivity contribution is -0.161. The van der Waals surface area contributed by atoms with Crippen molar-refractivity contribution >= 4 is 25.5 Å². The van der Waals surface area contributed by atoms with Gasteiger partial charge < -0.3 is 24.6 Å². The Morgan fingerprint density at radius 3 is 1.98 bits per heavy atom. The predicted octanol–water partition coefficient (Wildman–Crippen LogP) is 9.20. The number of carbonyl (C=O) groups is 3. The Kier molecular flexibility index (Phi) is 33.7. The first-order chi connectivity index (χ1) is 25.5. The lowest BCUT2D eigenvalue weighted by Crippen LogP contribution is -2.29. The lowest BCUT2D eigenvalue weighted by atomic mass is 9.99. The van der Waals surface area contributed by atoms with E-state index in [4.69, 9.17) is 19.1 Å². The van der Waals surface area contributed by atoms with E-state index in [9.17, 15) is 28.9 Å². The molecule has 4 atom stereocenters. The molecule has 306 valence electrons. The molecule has 3 N–H and O–H groups in total. The molecule has 0 saturated heterocycles. The second-order valence-corrected chi connectivity index (χ2v) is 15.0. The molecule has 11 nitrogen and oxygen atoms in total. The third-order valence-corrected chi connectivity index (χ3v) is 9.45. The van der Waals surface area contributed by atoms with Crippen LogP contribution in [0.5, 0.6) is 0 Å². The zero-order valence-electron chi connectivity index (χ0n) is 32.9. The molecule has 0 aromatic heterocycles. The minimum atomic E-state index is -4.64. The third-order valence-electron chi connectivity index (χ3n) is 8.50. The molecule has 0 heterocycles. The van der Waals surface area contributed by atoms with Crippen molar-refractivity contribution in [3.63, 3.8) is 0 Å². The summed E-state index contributed by atoms with van der Waals surface area (Å²) in [6.07, 6.45) is 30.8. The van der Waals surface area contributed by atoms with Crippen LogP contribution in [0.1, 0.15) is 149 Å². The van der Waals surface area contributed by atoms with Gasteiger partial charge in [0.15, 0.2) is 11.9 Å². The number of phosphoric acid groups is 1. The van der Waals surface area contributed by atoms with E-state index in [1.807, 2.05) is 36.5 Å². The number of phosphoric ester groups is 1. The summed E-state index contributed by atoms with van der Waals surface area (Å²) in [6.45, 7) is 4.42. The van der Waals surface area contributed by atoms with Crippen molar-refractivity contribution in [1.82, 2.24) is 0 Å². The maximum absolute atomic E-state index is 12.5. The van der Waals surface area contributed by atoms with E-state index < -0.39 is 51.8 Å². The predicted molar refractivity (Wildman–Crippen MR) is 210 cm³/mol. The normalized spacial score (nSPS) is 15.0. The highest BCUT2D eigenvalue weighted by molar-refractivity contribution is 7.47. The van der Waals surface area contributed by atoms with Crippen LogP contribution in [0.2, 0.25) is 0 Å². The summed E-state index contributed by atoms with van der Waals surface area (Å²) in [5, 5.41) is 18.3. The Hall–Kier alpha value is -2.40. The zero-order chi connectivity index (χ0) is 39.4. The number of hydrogen-bond donors (Lipinski definition) is 3. The smallest absolute Gasteiger partial charge is 0.462 e. The Balaban J connectivity index is 4.49. The number of unbranched alkanes of at least 4 members (excludes halogenated alkanes) is 10. The van der Waals surface area contributed by atoms with Gasteiger partial charge in [-0.1, -0.05) is 134 Å². The quantitative estimate of drug-likeness (QED) is 0.0139. The molecule has 2 unspecified atom stereocenters. The largest absolute Gasteiger partial charge is 0.472 e. The highest BCUT2D eigenvalue weighted by atomic mass is 31.2. The fourth-order valence-electron chi connectivity index (χ4n) is 4.97. The highest BCUT2D eigenvalue weighted by Crippen LogP contribution is 2.43. The van der Waals surface area contributed by atoms with Gasteiger partial charge in [0.05, 0.1) is 19.8 Å². The fraction of sp³-hybridized carbons (Fsp3) is 0.732. The van der Waals surface area contributed by atoms with Gasteiger partial charge in [0.25, 0.3) is 0 Å². The molecule has 0 fully saturated rings. The Morgan fingerprint density at radius 2 is 1.30 bits per heavy atom. The van der Waals surface area contributed by atoms with E-state index in [0.717, 1.165) is 57.3 Å². The number of hydrogen-bond acceptors (Lipinski definition) is 10. The van der Waals surface area contributed by atoms with Gasteiger partial charge in [-0.2, -0.15) is 0 Å². The van der Waals surface area contributed by atoms with Crippen LogP contribution in [0.15, 0.2) is 48.6 Å². The van der Waals surface area contributed by atoms with Gasteiger partial charge in [-0.3, -0.25) is 23.4 Å². The SMILES string of the molecule is CCCCCC(=O)/C=C/C=C\C/C=C\C/C=C\CCCC(=O)OC[C@H](COP(=O)(O)OC[C@@H](O)CO)OC(=O)CCCCCCCCCCC(C)CC. The van der Waals surface area contributed by atoms with Gasteiger partial charge in [0, 0.05) is 19.3 Å². The highest BCUT2D eigenvalue weighted by Gasteiger charge is 2.27. The summed E-state index contributed by atoms with van der Waals surface area (Å²) < 4.78 is 32.5. The maximum Gasteiger partial charge on any atom is 0.472 e. The number of ether oxygens (including phenoxy) is 2. The summed E-state index contributed by atoms with van der Waals surface area (Å²) >= 11 is 0. The molecule has 0 radical (unpaired) electrons. The van der Waals surface area contributed by atoms with Crippen molar-refractivity contribution in [2.45, 2.75) is 161 Å². The van der Waals surface area contributed by atoms with E-state index in [1.165, 1.54) is 38.5 Å². The molecule has 0 aromatic carbocycles. The summed E-state index contributed by atoms with van der Waals surface area (Å²) in [7, 11) is -4.64. The topological polar surface area (TPSA) is 166 Å². The van der Waals surface area contributed by atoms with Crippen LogP contribution < -0.4 is 0 Å². The summed E-state index contributed by atoms with van der Waals surface area (Å²) in [5.41, 5.74) is 0. The van der Waals surface area contributed by atoms with Gasteiger partial charge in [-0.05, 0) is 50.5 Å². The monoisotopic (exact) mass is 770 g/mol. The number of aliphatic hydroxyl groups is 2. The zero-order valence-corrected chi connectivity index (χ0v) is 33.8. The second kappa shape index (κ2) is 35.3. The van der Waals surface area contributed by atoms with Crippen molar-refractivity contribution in [2.24, 2.45) is 5.92 Å². The minimum Gasteiger partial charge on any atom is -0.462 e. The Bertz CT molecular complexity index is 1100. The fourth-order valence-corrected chi connectivity index (χ4v) is 5.76. The number of carbonyl (C=O) groups excluding carboxylic acids is 3. The molecular formula is C41H71O11P. The number of aliphatic hydroxyl groups excluding tert-OH is 2. The molecule has 0 spiro atoms. The molecule has 0 rings (SSSR count). The Labute approximate surface area is 319 Å². The first-order valence-corrected chi connectivity index (χ1v) is 21.4. The molecule has 0 aliphatic heterocycles. The molecule has 0 aromatic rings. The van der Waals surface area contributed by atoms with E-state index in [-0.39, 0.29) is 25.2 Å². The number of ketones is 1. The second-order valence-electron chi connectivity index (χ2n) is 13.6. The standard InChI is InChI=1S/C41H71O11P/c1-4-6-22-28-37(43)29-24-19-15-10-8-7-9-11-16-20-25-30-40(45)49-34-39(35-51-53(47,48)50-33-38(44)32-42)52-41(46)31-26-21-17-13-12-14-18-23-27-36(3)5-2/h7-8,11,15-16,19,24,29,36,38-39,42,44H,4-6,9-10,12-14,17-18,20-23,25-28,30-35H2,1-3H3,(H,47,48)/b8-7-,16-11-,19-15-,29-24+/t36?,38-,39+/m0/s1. The number of rotatable bonds is 36. The van der Waals surface area contributed by atoms with Crippen LogP contribution >= 0.6 is 7.82 Å².